The minimum Gasteiger partial charge on any atom is -0.388 e. The van der Waals surface area contributed by atoms with Crippen molar-refractivity contribution in [2.45, 2.75) is 75.5 Å². The van der Waals surface area contributed by atoms with E-state index in [2.05, 4.69) is 0 Å². The Hall–Kier alpha value is -0.200. The zero-order valence-electron chi connectivity index (χ0n) is 11.0. The van der Waals surface area contributed by atoms with Crippen LogP contribution < -0.4 is 0 Å². The Kier molecular flexibility index (Phi) is 3.36. The van der Waals surface area contributed by atoms with Gasteiger partial charge in [-0.25, -0.2) is 0 Å². The second-order valence-corrected chi connectivity index (χ2v) is 5.57. The molecule has 5 atom stereocenters. The molecule has 0 amide bonds. The Morgan fingerprint density at radius 3 is 2.44 bits per heavy atom. The van der Waals surface area contributed by atoms with Crippen LogP contribution in [0.5, 0.6) is 0 Å². The van der Waals surface area contributed by atoms with E-state index in [-0.39, 0.29) is 18.3 Å². The van der Waals surface area contributed by atoms with Crippen LogP contribution in [0, 0.1) is 0 Å². The third-order valence-corrected chi connectivity index (χ3v) is 4.31. The van der Waals surface area contributed by atoms with Gasteiger partial charge in [0.15, 0.2) is 12.1 Å². The summed E-state index contributed by atoms with van der Waals surface area (Å²) < 4.78 is 23.1. The van der Waals surface area contributed by atoms with E-state index in [4.69, 9.17) is 18.9 Å². The maximum Gasteiger partial charge on any atom is 0.186 e. The molecule has 3 rings (SSSR count). The van der Waals surface area contributed by atoms with E-state index < -0.39 is 18.2 Å². The van der Waals surface area contributed by atoms with Gasteiger partial charge in [0.1, 0.15) is 18.3 Å². The maximum atomic E-state index is 10.2. The van der Waals surface area contributed by atoms with Crippen molar-refractivity contribution >= 4 is 0 Å². The molecule has 1 saturated carbocycles. The number of hydrogen-bond acceptors (Lipinski definition) is 5. The van der Waals surface area contributed by atoms with Crippen LogP contribution in [0.3, 0.4) is 0 Å². The summed E-state index contributed by atoms with van der Waals surface area (Å²) in [5.41, 5.74) is 0. The van der Waals surface area contributed by atoms with E-state index in [0.717, 1.165) is 25.7 Å². The van der Waals surface area contributed by atoms with Gasteiger partial charge in [-0.1, -0.05) is 6.42 Å². The quantitative estimate of drug-likeness (QED) is 0.765. The lowest BCUT2D eigenvalue weighted by atomic mass is 9.94. The van der Waals surface area contributed by atoms with Crippen molar-refractivity contribution < 1.29 is 24.1 Å². The molecule has 1 N–H and O–H groups in total. The van der Waals surface area contributed by atoms with Crippen LogP contribution in [0.4, 0.5) is 0 Å². The largest absolute Gasteiger partial charge is 0.388 e. The van der Waals surface area contributed by atoms with Gasteiger partial charge in [0.2, 0.25) is 0 Å². The van der Waals surface area contributed by atoms with Crippen LogP contribution in [0.2, 0.25) is 0 Å². The van der Waals surface area contributed by atoms with Crippen LogP contribution in [-0.4, -0.2) is 48.7 Å². The first-order chi connectivity index (χ1) is 8.65. The van der Waals surface area contributed by atoms with Crippen LogP contribution in [0.1, 0.15) is 39.0 Å². The van der Waals surface area contributed by atoms with Crippen molar-refractivity contribution in [3.05, 3.63) is 0 Å². The summed E-state index contributed by atoms with van der Waals surface area (Å²) in [5, 5.41) is 10.2. The fourth-order valence-corrected chi connectivity index (χ4v) is 3.28. The Morgan fingerprint density at radius 1 is 1.11 bits per heavy atom. The molecule has 0 bridgehead atoms. The molecule has 5 nitrogen and oxygen atoms in total. The lowest BCUT2D eigenvalue weighted by Crippen LogP contribution is -2.55. The highest BCUT2D eigenvalue weighted by Crippen LogP contribution is 2.44. The van der Waals surface area contributed by atoms with E-state index in [9.17, 15) is 5.11 Å². The van der Waals surface area contributed by atoms with E-state index in [1.54, 1.807) is 7.11 Å². The highest BCUT2D eigenvalue weighted by Gasteiger charge is 2.57. The van der Waals surface area contributed by atoms with E-state index in [1.807, 2.05) is 6.92 Å². The van der Waals surface area contributed by atoms with Crippen molar-refractivity contribution in [1.82, 2.24) is 0 Å². The molecular weight excluding hydrogens is 236 g/mol. The highest BCUT2D eigenvalue weighted by molar-refractivity contribution is 4.97. The van der Waals surface area contributed by atoms with Crippen molar-refractivity contribution in [1.29, 1.82) is 0 Å². The number of rotatable bonds is 1. The summed E-state index contributed by atoms with van der Waals surface area (Å²) in [4.78, 5) is 0. The predicted octanol–water partition coefficient (Wildman–Crippen LogP) is 1.18. The third-order valence-electron chi connectivity index (χ3n) is 4.31. The first-order valence-electron chi connectivity index (χ1n) is 6.87. The molecule has 18 heavy (non-hydrogen) atoms. The first-order valence-corrected chi connectivity index (χ1v) is 6.87. The van der Waals surface area contributed by atoms with Crippen LogP contribution in [0.25, 0.3) is 0 Å². The SMILES string of the molecule is CO[C@H]1O[C@H](C)[C@@H](O)[C@@H]2OC3(CCCCC3)O[C@@H]12. The van der Waals surface area contributed by atoms with Gasteiger partial charge in [-0.2, -0.15) is 0 Å². The predicted molar refractivity (Wildman–Crippen MR) is 62.9 cm³/mol. The second kappa shape index (κ2) is 4.72. The van der Waals surface area contributed by atoms with Gasteiger partial charge >= 0.3 is 0 Å². The number of ether oxygens (including phenoxy) is 4. The molecule has 1 aliphatic carbocycles. The van der Waals surface area contributed by atoms with Crippen molar-refractivity contribution in [2.24, 2.45) is 0 Å². The number of hydrogen-bond donors (Lipinski definition) is 1. The molecule has 2 saturated heterocycles. The normalized spacial score (nSPS) is 47.2. The lowest BCUT2D eigenvalue weighted by molar-refractivity contribution is -0.264. The van der Waals surface area contributed by atoms with Crippen LogP contribution >= 0.6 is 0 Å². The van der Waals surface area contributed by atoms with Crippen molar-refractivity contribution in [3.63, 3.8) is 0 Å². The van der Waals surface area contributed by atoms with Crippen LogP contribution in [0.15, 0.2) is 0 Å². The topological polar surface area (TPSA) is 57.2 Å². The molecule has 104 valence electrons. The van der Waals surface area contributed by atoms with Crippen LogP contribution in [-0.2, 0) is 18.9 Å². The van der Waals surface area contributed by atoms with Gasteiger partial charge in [-0.3, -0.25) is 0 Å². The molecule has 2 heterocycles. The van der Waals surface area contributed by atoms with E-state index >= 15 is 0 Å². The average Bonchev–Trinajstić information content (AvgIpc) is 2.74. The minimum absolute atomic E-state index is 0.293. The molecule has 0 unspecified atom stereocenters. The molecule has 2 aliphatic heterocycles. The summed E-state index contributed by atoms with van der Waals surface area (Å²) in [5.74, 6) is -0.515. The first kappa shape index (κ1) is 12.8. The molecule has 0 radical (unpaired) electrons. The Bertz CT molecular complexity index is 294. The van der Waals surface area contributed by atoms with E-state index in [1.165, 1.54) is 6.42 Å². The van der Waals surface area contributed by atoms with Gasteiger partial charge in [-0.15, -0.1) is 0 Å². The van der Waals surface area contributed by atoms with Gasteiger partial charge in [0, 0.05) is 20.0 Å². The summed E-state index contributed by atoms with van der Waals surface area (Å²) in [7, 11) is 1.60. The second-order valence-electron chi connectivity index (χ2n) is 5.57. The molecule has 5 heteroatoms. The monoisotopic (exact) mass is 258 g/mol. The highest BCUT2D eigenvalue weighted by atomic mass is 16.8. The Balaban J connectivity index is 1.80. The Morgan fingerprint density at radius 2 is 1.78 bits per heavy atom. The molecule has 0 aromatic rings. The summed E-state index contributed by atoms with van der Waals surface area (Å²) in [6, 6.07) is 0. The molecule has 0 aromatic heterocycles. The molecule has 3 fully saturated rings. The average molecular weight is 258 g/mol. The van der Waals surface area contributed by atoms with Gasteiger partial charge < -0.3 is 24.1 Å². The lowest BCUT2D eigenvalue weighted by Gasteiger charge is -2.37. The summed E-state index contributed by atoms with van der Waals surface area (Å²) in [6.45, 7) is 1.84. The molecular formula is C13H22O5. The summed E-state index contributed by atoms with van der Waals surface area (Å²) in [6.07, 6.45) is 3.21. The molecule has 3 aliphatic rings. The Labute approximate surface area is 107 Å². The standard InChI is InChI=1S/C13H22O5/c1-8-9(14)10-11(12(15-2)16-8)18-13(17-10)6-4-3-5-7-13/h8-12,14H,3-7H2,1-2H3/t8-,9-,10+,11-,12+/m1/s1. The molecule has 0 aromatic carbocycles. The van der Waals surface area contributed by atoms with Gasteiger partial charge in [0.05, 0.1) is 6.10 Å². The number of fused-ring (bicyclic) bond motifs is 1. The zero-order chi connectivity index (χ0) is 12.8. The molecule has 1 spiro atoms. The zero-order valence-corrected chi connectivity index (χ0v) is 11.0. The third kappa shape index (κ3) is 1.98. The number of methoxy groups -OCH3 is 1. The fraction of sp³-hybridized carbons (Fsp3) is 1.00. The number of aliphatic hydroxyl groups excluding tert-OH is 1. The summed E-state index contributed by atoms with van der Waals surface area (Å²) >= 11 is 0. The number of aliphatic hydroxyl groups is 1. The van der Waals surface area contributed by atoms with Crippen molar-refractivity contribution in [3.8, 4) is 0 Å². The smallest absolute Gasteiger partial charge is 0.186 e. The minimum atomic E-state index is -0.650. The van der Waals surface area contributed by atoms with Gasteiger partial charge in [0.25, 0.3) is 0 Å². The van der Waals surface area contributed by atoms with Crippen molar-refractivity contribution in [2.75, 3.05) is 7.11 Å². The van der Waals surface area contributed by atoms with E-state index in [0.29, 0.717) is 0 Å². The fourth-order valence-electron chi connectivity index (χ4n) is 3.28. The maximum absolute atomic E-state index is 10.2. The van der Waals surface area contributed by atoms with Gasteiger partial charge in [-0.05, 0) is 19.8 Å².